The summed E-state index contributed by atoms with van der Waals surface area (Å²) >= 11 is 0. The van der Waals surface area contributed by atoms with Gasteiger partial charge >= 0.3 is 6.18 Å². The lowest BCUT2D eigenvalue weighted by molar-refractivity contribution is -0.137. The maximum absolute atomic E-state index is 13.2. The number of hydrogen-bond acceptors (Lipinski definition) is 0. The minimum Gasteiger partial charge on any atom is -0.166 e. The summed E-state index contributed by atoms with van der Waals surface area (Å²) in [6, 6.07) is 2.63. The van der Waals surface area contributed by atoms with Gasteiger partial charge in [0.15, 0.2) is 0 Å². The molecule has 120 valence electrons. The zero-order valence-corrected chi connectivity index (χ0v) is 15.3. The Morgan fingerprint density at radius 2 is 1.32 bits per heavy atom. The van der Waals surface area contributed by atoms with Gasteiger partial charge in [-0.05, 0) is 22.5 Å². The van der Waals surface area contributed by atoms with Gasteiger partial charge in [0.2, 0.25) is 0 Å². The Bertz CT molecular complexity index is 562. The van der Waals surface area contributed by atoms with Crippen LogP contribution in [0.1, 0.15) is 58.2 Å². The molecular weight excluding hydrogens is 282 g/mol. The molecule has 0 unspecified atom stereocenters. The molecule has 0 nitrogen and oxygen atoms in total. The van der Waals surface area contributed by atoms with Crippen molar-refractivity contribution in [2.24, 2.45) is 5.41 Å². The smallest absolute Gasteiger partial charge is 0.166 e. The van der Waals surface area contributed by atoms with E-state index in [9.17, 15) is 13.2 Å². The van der Waals surface area contributed by atoms with Crippen LogP contribution in [0.4, 0.5) is 13.2 Å². The van der Waals surface area contributed by atoms with E-state index in [2.05, 4.69) is 36.5 Å². The predicted octanol–water partition coefficient (Wildman–Crippen LogP) is 1.73. The number of hydrogen-bond donors (Lipinski definition) is 0. The fourth-order valence-corrected chi connectivity index (χ4v) is 2.75. The van der Waals surface area contributed by atoms with Gasteiger partial charge in [-0.1, -0.05) is 63.8 Å². The summed E-state index contributed by atoms with van der Waals surface area (Å²) in [6.45, 7) is 12.3. The third-order valence-electron chi connectivity index (χ3n) is 4.97. The number of benzene rings is 1. The Kier molecular flexibility index (Phi) is 4.71. The Balaban J connectivity index is 3.80. The van der Waals surface area contributed by atoms with Crippen molar-refractivity contribution < 1.29 is 13.2 Å². The van der Waals surface area contributed by atoms with Crippen molar-refractivity contribution in [3.8, 4) is 0 Å². The molecule has 0 N–H and O–H groups in total. The van der Waals surface area contributed by atoms with Crippen LogP contribution < -0.4 is 5.46 Å². The lowest BCUT2D eigenvalue weighted by Crippen LogP contribution is -2.47. The molecule has 0 saturated carbocycles. The summed E-state index contributed by atoms with van der Waals surface area (Å²) in [5, 5.41) is -0.232. The minimum atomic E-state index is -4.31. The Morgan fingerprint density at radius 1 is 0.864 bits per heavy atom. The summed E-state index contributed by atoms with van der Waals surface area (Å²) in [5.41, 5.74) is 1.60. The first-order valence-corrected chi connectivity index (χ1v) is 7.72. The van der Waals surface area contributed by atoms with Gasteiger partial charge in [-0.3, -0.25) is 0 Å². The maximum atomic E-state index is 13.2. The molecule has 1 rings (SSSR count). The van der Waals surface area contributed by atoms with Gasteiger partial charge in [0.1, 0.15) is 23.5 Å². The molecule has 1 aromatic rings. The average Bonchev–Trinajstić information content (AvgIpc) is 2.23. The molecule has 0 bridgehead atoms. The number of rotatable bonds is 1. The van der Waals surface area contributed by atoms with Gasteiger partial charge in [0.05, 0.1) is 5.56 Å². The molecule has 6 heteroatoms. The molecule has 0 amide bonds. The highest BCUT2D eigenvalue weighted by Gasteiger charge is 2.40. The predicted molar refractivity (Wildman–Crippen MR) is 96.5 cm³/mol. The van der Waals surface area contributed by atoms with Crippen LogP contribution in [-0.4, -0.2) is 23.5 Å². The van der Waals surface area contributed by atoms with Crippen LogP contribution in [0, 0.1) is 5.41 Å². The normalized spacial score (nSPS) is 14.2. The SMILES string of the molecule is Bc1cc(C(F)(F)F)cc(C(C)(C)C)c1C(B)(B)C(C)(C)C. The van der Waals surface area contributed by atoms with Crippen LogP contribution in [0.5, 0.6) is 0 Å². The molecular formula is C16H26B3F3. The topological polar surface area (TPSA) is 0 Å². The second-order valence-electron chi connectivity index (χ2n) is 8.84. The second-order valence-corrected chi connectivity index (χ2v) is 8.84. The van der Waals surface area contributed by atoms with Crippen LogP contribution >= 0.6 is 0 Å². The first kappa shape index (κ1) is 19.3. The monoisotopic (exact) mass is 308 g/mol. The Morgan fingerprint density at radius 3 is 1.64 bits per heavy atom. The van der Waals surface area contributed by atoms with E-state index < -0.39 is 11.7 Å². The average molecular weight is 308 g/mol. The fourth-order valence-electron chi connectivity index (χ4n) is 2.75. The van der Waals surface area contributed by atoms with Crippen molar-refractivity contribution in [1.82, 2.24) is 0 Å². The van der Waals surface area contributed by atoms with E-state index in [-0.39, 0.29) is 16.0 Å². The van der Waals surface area contributed by atoms with Gasteiger partial charge in [0.25, 0.3) is 0 Å². The van der Waals surface area contributed by atoms with Crippen LogP contribution in [0.25, 0.3) is 0 Å². The first-order valence-electron chi connectivity index (χ1n) is 7.72. The highest BCUT2D eigenvalue weighted by molar-refractivity contribution is 6.44. The molecule has 0 aliphatic carbocycles. The molecule has 0 heterocycles. The van der Waals surface area contributed by atoms with Crippen LogP contribution in [0.2, 0.25) is 0 Å². The molecule has 0 spiro atoms. The molecule has 0 saturated heterocycles. The van der Waals surface area contributed by atoms with Crippen LogP contribution in [0.15, 0.2) is 12.1 Å². The largest absolute Gasteiger partial charge is 0.416 e. The Hall–Kier alpha value is -0.795. The van der Waals surface area contributed by atoms with Crippen LogP contribution in [-0.2, 0) is 16.8 Å². The van der Waals surface area contributed by atoms with Gasteiger partial charge in [0, 0.05) is 0 Å². The molecule has 0 aliphatic heterocycles. The van der Waals surface area contributed by atoms with Crippen LogP contribution in [0.3, 0.4) is 0 Å². The lowest BCUT2D eigenvalue weighted by atomic mass is 9.38. The van der Waals surface area contributed by atoms with E-state index in [1.807, 2.05) is 20.8 Å². The van der Waals surface area contributed by atoms with E-state index in [1.165, 1.54) is 12.1 Å². The quantitative estimate of drug-likeness (QED) is 0.693. The Labute approximate surface area is 135 Å². The van der Waals surface area contributed by atoms with E-state index in [0.29, 0.717) is 0 Å². The summed E-state index contributed by atoms with van der Waals surface area (Å²) in [5.74, 6) is 0. The van der Waals surface area contributed by atoms with E-state index in [1.54, 1.807) is 7.85 Å². The molecule has 0 aliphatic rings. The lowest BCUT2D eigenvalue weighted by Gasteiger charge is -2.44. The zero-order chi connectivity index (χ0) is 17.7. The molecule has 0 fully saturated rings. The standard InChI is InChI=1S/C16H26B3F3/c1-13(2,3)10-7-9(16(20,21)22)8-11(17)12(10)15(18,19)14(4,5)6/h7-8H,17-19H2,1-6H3. The van der Waals surface area contributed by atoms with Gasteiger partial charge < -0.3 is 0 Å². The number of alkyl halides is 3. The summed E-state index contributed by atoms with van der Waals surface area (Å²) in [4.78, 5) is 0. The van der Waals surface area contributed by atoms with Crippen molar-refractivity contribution in [3.63, 3.8) is 0 Å². The fraction of sp³-hybridized carbons (Fsp3) is 0.625. The van der Waals surface area contributed by atoms with Crippen molar-refractivity contribution >= 4 is 29.0 Å². The number of halogens is 3. The zero-order valence-electron chi connectivity index (χ0n) is 15.3. The molecule has 1 aromatic carbocycles. The second kappa shape index (κ2) is 5.38. The first-order chi connectivity index (χ1) is 9.49. The van der Waals surface area contributed by atoms with Crippen molar-refractivity contribution in [1.29, 1.82) is 0 Å². The van der Waals surface area contributed by atoms with Crippen molar-refractivity contribution in [3.05, 3.63) is 28.8 Å². The van der Waals surface area contributed by atoms with E-state index in [0.717, 1.165) is 16.6 Å². The van der Waals surface area contributed by atoms with E-state index >= 15 is 0 Å². The highest BCUT2D eigenvalue weighted by atomic mass is 19.4. The van der Waals surface area contributed by atoms with Gasteiger partial charge in [-0.15, -0.1) is 0 Å². The van der Waals surface area contributed by atoms with Gasteiger partial charge in [-0.25, -0.2) is 0 Å². The highest BCUT2D eigenvalue weighted by Crippen LogP contribution is 2.42. The van der Waals surface area contributed by atoms with E-state index in [4.69, 9.17) is 0 Å². The molecule has 22 heavy (non-hydrogen) atoms. The summed E-state index contributed by atoms with van der Waals surface area (Å²) in [6.07, 6.45) is -4.31. The summed E-state index contributed by atoms with van der Waals surface area (Å²) in [7, 11) is 6.04. The third-order valence-corrected chi connectivity index (χ3v) is 4.97. The third kappa shape index (κ3) is 3.57. The molecule has 0 aromatic heterocycles. The van der Waals surface area contributed by atoms with Crippen molar-refractivity contribution in [2.45, 2.75) is 58.3 Å². The molecule has 0 radical (unpaired) electrons. The van der Waals surface area contributed by atoms with Gasteiger partial charge in [-0.2, -0.15) is 13.2 Å². The summed E-state index contributed by atoms with van der Waals surface area (Å²) < 4.78 is 39.6. The molecule has 0 atom stereocenters. The van der Waals surface area contributed by atoms with Crippen molar-refractivity contribution in [2.75, 3.05) is 0 Å². The minimum absolute atomic E-state index is 0.0580. The maximum Gasteiger partial charge on any atom is 0.416 e.